The summed E-state index contributed by atoms with van der Waals surface area (Å²) in [5, 5.41) is 3.74. The van der Waals surface area contributed by atoms with Gasteiger partial charge in [-0.25, -0.2) is 9.37 Å². The Labute approximate surface area is 292 Å². The summed E-state index contributed by atoms with van der Waals surface area (Å²) in [6.45, 7) is 20.0. The van der Waals surface area contributed by atoms with Crippen molar-refractivity contribution in [3.8, 4) is 17.1 Å². The number of hydrogen-bond acceptors (Lipinski definition) is 7. The lowest BCUT2D eigenvalue weighted by molar-refractivity contribution is 0.00859. The third-order valence-corrected chi connectivity index (χ3v) is 17.4. The average molecular weight is 708 g/mol. The highest BCUT2D eigenvalue weighted by Crippen LogP contribution is 2.41. The van der Waals surface area contributed by atoms with E-state index >= 15 is 4.39 Å². The Bertz CT molecular complexity index is 1700. The molecule has 1 N–H and O–H groups in total. The normalized spacial score (nSPS) is 27.2. The van der Waals surface area contributed by atoms with Gasteiger partial charge in [-0.3, -0.25) is 4.57 Å². The smallest absolute Gasteiger partial charge is 0.198 e. The zero-order valence-corrected chi connectivity index (χ0v) is 32.5. The predicted octanol–water partition coefficient (Wildman–Crippen LogP) is 8.00. The maximum absolute atomic E-state index is 15.9. The zero-order chi connectivity index (χ0) is 34.7. The molecule has 0 spiro atoms. The number of pyridine rings is 1. The molecule has 6 atom stereocenters. The van der Waals surface area contributed by atoms with Crippen LogP contribution in [0.4, 0.5) is 4.39 Å². The molecular weight excluding hydrogens is 654 g/mol. The summed E-state index contributed by atoms with van der Waals surface area (Å²) in [4.78, 5) is 4.86. The molecule has 2 bridgehead atoms. The van der Waals surface area contributed by atoms with Crippen LogP contribution in [0.25, 0.3) is 27.9 Å². The van der Waals surface area contributed by atoms with Gasteiger partial charge in [0, 0.05) is 44.5 Å². The van der Waals surface area contributed by atoms with Crippen LogP contribution in [0.2, 0.25) is 43.8 Å². The van der Waals surface area contributed by atoms with Crippen LogP contribution in [0.3, 0.4) is 0 Å². The quantitative estimate of drug-likeness (QED) is 0.160. The van der Waals surface area contributed by atoms with E-state index in [1.165, 1.54) is 24.0 Å². The zero-order valence-electron chi connectivity index (χ0n) is 30.5. The van der Waals surface area contributed by atoms with Crippen LogP contribution >= 0.6 is 0 Å². The van der Waals surface area contributed by atoms with Gasteiger partial charge in [0.05, 0.1) is 30.4 Å². The standard InChI is InChI=1S/C38H54FN3O5Si2/c1-38(2,3)49(7,8)47-33-22-45-36-32(21-44-37(33)36)46-34-20-30-31(42(34)23-43-15-16-48(4,5)6)19-29(39)35(41-30)25-11-9-24(10-12-25)26-17-27-13-14-28(18-26)40-27/h9-12,17,19-20,27-28,32-33,36-37,40H,13-16,18,21-23H2,1-8H3/t27?,28?,32-,33?,36-,37-/m1/s1. The van der Waals surface area contributed by atoms with Crippen LogP contribution in [0.15, 0.2) is 42.5 Å². The molecule has 3 unspecified atom stereocenters. The van der Waals surface area contributed by atoms with Gasteiger partial charge in [0.2, 0.25) is 0 Å². The van der Waals surface area contributed by atoms with E-state index in [1.54, 1.807) is 6.07 Å². The minimum atomic E-state index is -2.01. The molecule has 0 aliphatic carbocycles. The first-order valence-electron chi connectivity index (χ1n) is 18.1. The topological polar surface area (TPSA) is 76.0 Å². The fourth-order valence-electron chi connectivity index (χ4n) is 7.21. The molecule has 3 aromatic rings. The lowest BCUT2D eigenvalue weighted by Gasteiger charge is -2.39. The number of hydrogen-bond donors (Lipinski definition) is 1. The van der Waals surface area contributed by atoms with Gasteiger partial charge < -0.3 is 28.7 Å². The second kappa shape index (κ2) is 13.3. The molecule has 0 amide bonds. The van der Waals surface area contributed by atoms with E-state index in [-0.39, 0.29) is 42.0 Å². The summed E-state index contributed by atoms with van der Waals surface area (Å²) in [5.41, 5.74) is 4.94. The van der Waals surface area contributed by atoms with Crippen molar-refractivity contribution in [1.82, 2.24) is 14.9 Å². The van der Waals surface area contributed by atoms with E-state index in [4.69, 9.17) is 28.4 Å². The monoisotopic (exact) mass is 707 g/mol. The highest BCUT2D eigenvalue weighted by atomic mass is 28.4. The largest absolute Gasteiger partial charge is 0.470 e. The Morgan fingerprint density at radius 3 is 2.35 bits per heavy atom. The fraction of sp³-hybridized carbons (Fsp3) is 0.605. The van der Waals surface area contributed by atoms with E-state index in [0.717, 1.165) is 18.0 Å². The van der Waals surface area contributed by atoms with Crippen molar-refractivity contribution in [2.75, 3.05) is 19.8 Å². The van der Waals surface area contributed by atoms with Crippen LogP contribution in [0.5, 0.6) is 5.88 Å². The summed E-state index contributed by atoms with van der Waals surface area (Å²) in [6, 6.07) is 13.7. The third kappa shape index (κ3) is 7.35. The van der Waals surface area contributed by atoms with E-state index in [2.05, 4.69) is 77.0 Å². The molecule has 6 heterocycles. The molecule has 3 fully saturated rings. The Morgan fingerprint density at radius 1 is 0.959 bits per heavy atom. The van der Waals surface area contributed by atoms with Crippen molar-refractivity contribution in [2.24, 2.45) is 0 Å². The van der Waals surface area contributed by atoms with Gasteiger partial charge in [-0.1, -0.05) is 70.8 Å². The Balaban J connectivity index is 1.13. The highest BCUT2D eigenvalue weighted by Gasteiger charge is 2.52. The van der Waals surface area contributed by atoms with Crippen molar-refractivity contribution in [3.63, 3.8) is 0 Å². The summed E-state index contributed by atoms with van der Waals surface area (Å²) in [5.74, 6) is 0.197. The second-order valence-corrected chi connectivity index (χ2v) is 27.5. The molecule has 0 radical (unpaired) electrons. The predicted molar refractivity (Wildman–Crippen MR) is 198 cm³/mol. The number of benzene rings is 1. The molecule has 8 nitrogen and oxygen atoms in total. The number of nitrogens with zero attached hydrogens (tertiary/aromatic N) is 2. The van der Waals surface area contributed by atoms with Gasteiger partial charge in [-0.2, -0.15) is 0 Å². The van der Waals surface area contributed by atoms with Crippen LogP contribution < -0.4 is 10.1 Å². The van der Waals surface area contributed by atoms with Gasteiger partial charge in [0.1, 0.15) is 24.6 Å². The highest BCUT2D eigenvalue weighted by molar-refractivity contribution is 6.76. The first kappa shape index (κ1) is 35.0. The minimum Gasteiger partial charge on any atom is -0.470 e. The molecule has 49 heavy (non-hydrogen) atoms. The van der Waals surface area contributed by atoms with Gasteiger partial charge in [0.15, 0.2) is 26.1 Å². The van der Waals surface area contributed by atoms with E-state index in [1.807, 2.05) is 22.8 Å². The van der Waals surface area contributed by atoms with E-state index < -0.39 is 16.4 Å². The fourth-order valence-corrected chi connectivity index (χ4v) is 9.28. The van der Waals surface area contributed by atoms with Gasteiger partial charge >= 0.3 is 0 Å². The number of rotatable bonds is 11. The molecule has 2 aromatic heterocycles. The minimum absolute atomic E-state index is 0.0868. The van der Waals surface area contributed by atoms with Gasteiger partial charge in [-0.05, 0) is 54.6 Å². The lowest BCUT2D eigenvalue weighted by atomic mass is 9.95. The summed E-state index contributed by atoms with van der Waals surface area (Å²) in [7, 11) is -3.30. The number of aromatic nitrogens is 2. The number of nitrogens with one attached hydrogen (secondary N) is 1. The van der Waals surface area contributed by atoms with Crippen LogP contribution in [-0.2, 0) is 25.4 Å². The molecule has 7 rings (SSSR count). The van der Waals surface area contributed by atoms with Crippen LogP contribution in [0, 0.1) is 5.82 Å². The van der Waals surface area contributed by atoms with E-state index in [9.17, 15) is 0 Å². The molecule has 3 saturated heterocycles. The number of ether oxygens (including phenoxy) is 4. The van der Waals surface area contributed by atoms with Crippen LogP contribution in [-0.4, -0.2) is 82.3 Å². The average Bonchev–Trinajstić information content (AvgIpc) is 3.78. The third-order valence-electron chi connectivity index (χ3n) is 11.2. The molecular formula is C38H54FN3O5Si2. The second-order valence-electron chi connectivity index (χ2n) is 17.2. The molecule has 4 aliphatic rings. The Hall–Kier alpha value is -2.39. The summed E-state index contributed by atoms with van der Waals surface area (Å²) in [6.07, 6.45) is 4.91. The molecule has 1 aromatic carbocycles. The van der Waals surface area contributed by atoms with Crippen molar-refractivity contribution < 1.29 is 27.8 Å². The molecule has 4 aliphatic heterocycles. The molecule has 266 valence electrons. The van der Waals surface area contributed by atoms with Gasteiger partial charge in [0.25, 0.3) is 0 Å². The van der Waals surface area contributed by atoms with Crippen molar-refractivity contribution in [1.29, 1.82) is 0 Å². The molecule has 0 saturated carbocycles. The number of fused-ring (bicyclic) bond motifs is 4. The van der Waals surface area contributed by atoms with Gasteiger partial charge in [-0.15, -0.1) is 0 Å². The summed E-state index contributed by atoms with van der Waals surface area (Å²) < 4.78 is 49.9. The summed E-state index contributed by atoms with van der Waals surface area (Å²) >= 11 is 0. The van der Waals surface area contributed by atoms with Crippen molar-refractivity contribution in [2.45, 2.75) is 127 Å². The van der Waals surface area contributed by atoms with E-state index in [0.29, 0.717) is 54.5 Å². The SMILES string of the molecule is CC(C)(C)[Si](C)(C)OC1CO[C@H]2[C@@H]1OC[C@H]2Oc1cc2nc(-c3ccc(C4=CC5CCC(C4)N5)cc3)c(F)cc2n1COCC[Si](C)(C)C. The Morgan fingerprint density at radius 2 is 1.65 bits per heavy atom. The first-order chi connectivity index (χ1) is 23.1. The maximum atomic E-state index is 15.9. The number of halogens is 1. The van der Waals surface area contributed by atoms with Crippen molar-refractivity contribution >= 4 is 33.0 Å². The van der Waals surface area contributed by atoms with Crippen LogP contribution in [0.1, 0.15) is 45.6 Å². The lowest BCUT2D eigenvalue weighted by Crippen LogP contribution is -2.47. The maximum Gasteiger partial charge on any atom is 0.198 e. The van der Waals surface area contributed by atoms with Crippen molar-refractivity contribution in [3.05, 3.63) is 53.9 Å². The molecule has 11 heteroatoms. The Kier molecular flexibility index (Phi) is 9.51. The first-order valence-corrected chi connectivity index (χ1v) is 24.7.